The zero-order chi connectivity index (χ0) is 12.2. The molecule has 88 valence electrons. The molecule has 1 rings (SSSR count). The van der Waals surface area contributed by atoms with Gasteiger partial charge in [-0.15, -0.1) is 0 Å². The summed E-state index contributed by atoms with van der Waals surface area (Å²) in [7, 11) is -3.83. The number of aliphatic carboxylic acids is 1. The quantitative estimate of drug-likeness (QED) is 0.797. The number of carbonyl (C=O) groups is 1. The molecule has 1 aromatic carbocycles. The maximum Gasteiger partial charge on any atom is 0.304 e. The van der Waals surface area contributed by atoms with Crippen LogP contribution in [0.5, 0.6) is 0 Å². The lowest BCUT2D eigenvalue weighted by atomic mass is 10.4. The second kappa shape index (κ2) is 5.04. The Morgan fingerprint density at radius 1 is 1.44 bits per heavy atom. The van der Waals surface area contributed by atoms with E-state index in [0.29, 0.717) is 0 Å². The third-order valence-electron chi connectivity index (χ3n) is 1.74. The highest BCUT2D eigenvalue weighted by Crippen LogP contribution is 2.09. The zero-order valence-electron chi connectivity index (χ0n) is 8.18. The molecule has 0 bridgehead atoms. The van der Waals surface area contributed by atoms with Crippen molar-refractivity contribution in [2.75, 3.05) is 6.54 Å². The molecule has 16 heavy (non-hydrogen) atoms. The number of hydrogen-bond donors (Lipinski definition) is 2. The van der Waals surface area contributed by atoms with Crippen molar-refractivity contribution >= 4 is 16.0 Å². The Morgan fingerprint density at radius 2 is 2.12 bits per heavy atom. The molecule has 0 saturated heterocycles. The van der Waals surface area contributed by atoms with Crippen molar-refractivity contribution in [2.24, 2.45) is 0 Å². The van der Waals surface area contributed by atoms with Crippen molar-refractivity contribution in [1.82, 2.24) is 4.72 Å². The summed E-state index contributed by atoms with van der Waals surface area (Å²) >= 11 is 0. The van der Waals surface area contributed by atoms with Gasteiger partial charge in [-0.1, -0.05) is 6.07 Å². The first kappa shape index (κ1) is 12.6. The van der Waals surface area contributed by atoms with E-state index in [-0.39, 0.29) is 17.9 Å². The normalized spacial score (nSPS) is 11.3. The highest BCUT2D eigenvalue weighted by molar-refractivity contribution is 7.89. The minimum Gasteiger partial charge on any atom is -0.481 e. The van der Waals surface area contributed by atoms with E-state index >= 15 is 0 Å². The SMILES string of the molecule is O=C(O)CCNS(=O)(=O)c1cccc(F)c1. The largest absolute Gasteiger partial charge is 0.481 e. The number of sulfonamides is 1. The zero-order valence-corrected chi connectivity index (χ0v) is 9.00. The van der Waals surface area contributed by atoms with Crippen molar-refractivity contribution in [3.63, 3.8) is 0 Å². The van der Waals surface area contributed by atoms with Gasteiger partial charge in [0, 0.05) is 6.54 Å². The first-order chi connectivity index (χ1) is 7.42. The molecule has 0 radical (unpaired) electrons. The van der Waals surface area contributed by atoms with Crippen LogP contribution in [0.2, 0.25) is 0 Å². The van der Waals surface area contributed by atoms with Gasteiger partial charge in [-0.3, -0.25) is 4.79 Å². The fourth-order valence-corrected chi connectivity index (χ4v) is 2.07. The lowest BCUT2D eigenvalue weighted by Crippen LogP contribution is -2.26. The Morgan fingerprint density at radius 3 is 2.69 bits per heavy atom. The highest BCUT2D eigenvalue weighted by Gasteiger charge is 2.14. The van der Waals surface area contributed by atoms with E-state index in [1.165, 1.54) is 12.1 Å². The van der Waals surface area contributed by atoms with Gasteiger partial charge in [0.1, 0.15) is 5.82 Å². The topological polar surface area (TPSA) is 83.5 Å². The average molecular weight is 247 g/mol. The Kier molecular flexibility index (Phi) is 3.97. The van der Waals surface area contributed by atoms with Crippen LogP contribution in [-0.4, -0.2) is 26.0 Å². The second-order valence-electron chi connectivity index (χ2n) is 3.00. The molecule has 0 atom stereocenters. The molecule has 0 spiro atoms. The molecule has 7 heteroatoms. The Hall–Kier alpha value is -1.47. The number of halogens is 1. The van der Waals surface area contributed by atoms with Gasteiger partial charge in [-0.25, -0.2) is 17.5 Å². The van der Waals surface area contributed by atoms with Crippen LogP contribution in [0.3, 0.4) is 0 Å². The van der Waals surface area contributed by atoms with Gasteiger partial charge in [0.2, 0.25) is 10.0 Å². The first-order valence-electron chi connectivity index (χ1n) is 4.39. The summed E-state index contributed by atoms with van der Waals surface area (Å²) in [6, 6.07) is 4.48. The van der Waals surface area contributed by atoms with Crippen LogP contribution in [0.15, 0.2) is 29.2 Å². The molecule has 0 amide bonds. The van der Waals surface area contributed by atoms with Crippen LogP contribution in [-0.2, 0) is 14.8 Å². The van der Waals surface area contributed by atoms with Gasteiger partial charge in [0.05, 0.1) is 11.3 Å². The number of carboxylic acid groups (broad SMARTS) is 1. The summed E-state index contributed by atoms with van der Waals surface area (Å²) < 4.78 is 37.8. The van der Waals surface area contributed by atoms with Crippen LogP contribution < -0.4 is 4.72 Å². The molecular weight excluding hydrogens is 237 g/mol. The number of nitrogens with one attached hydrogen (secondary N) is 1. The summed E-state index contributed by atoms with van der Waals surface area (Å²) in [5, 5.41) is 8.33. The standard InChI is InChI=1S/C9H10FNO4S/c10-7-2-1-3-8(6-7)16(14,15)11-5-4-9(12)13/h1-3,6,11H,4-5H2,(H,12,13). The summed E-state index contributed by atoms with van der Waals surface area (Å²) in [6.07, 6.45) is -0.325. The molecular formula is C9H10FNO4S. The average Bonchev–Trinajstić information content (AvgIpc) is 2.16. The highest BCUT2D eigenvalue weighted by atomic mass is 32.2. The molecule has 0 aromatic heterocycles. The van der Waals surface area contributed by atoms with Crippen LogP contribution in [0, 0.1) is 5.82 Å². The van der Waals surface area contributed by atoms with Crippen LogP contribution in [0.25, 0.3) is 0 Å². The Balaban J connectivity index is 2.74. The number of carboxylic acids is 1. The van der Waals surface area contributed by atoms with E-state index in [2.05, 4.69) is 4.72 Å². The molecule has 0 heterocycles. The maximum atomic E-state index is 12.8. The second-order valence-corrected chi connectivity index (χ2v) is 4.77. The van der Waals surface area contributed by atoms with Gasteiger partial charge in [0.15, 0.2) is 0 Å². The van der Waals surface area contributed by atoms with Crippen molar-refractivity contribution in [3.05, 3.63) is 30.1 Å². The van der Waals surface area contributed by atoms with Crippen molar-refractivity contribution in [3.8, 4) is 0 Å². The fourth-order valence-electron chi connectivity index (χ4n) is 1.01. The monoisotopic (exact) mass is 247 g/mol. The predicted molar refractivity (Wildman–Crippen MR) is 53.8 cm³/mol. The van der Waals surface area contributed by atoms with Crippen molar-refractivity contribution in [1.29, 1.82) is 0 Å². The molecule has 5 nitrogen and oxygen atoms in total. The maximum absolute atomic E-state index is 12.8. The van der Waals surface area contributed by atoms with Crippen LogP contribution in [0.4, 0.5) is 4.39 Å². The lowest BCUT2D eigenvalue weighted by molar-refractivity contribution is -0.136. The Labute approximate surface area is 92.0 Å². The minimum atomic E-state index is -3.83. The lowest BCUT2D eigenvalue weighted by Gasteiger charge is -2.05. The third-order valence-corrected chi connectivity index (χ3v) is 3.20. The number of rotatable bonds is 5. The first-order valence-corrected chi connectivity index (χ1v) is 5.87. The summed E-state index contributed by atoms with van der Waals surface area (Å²) in [6.45, 7) is -0.228. The van der Waals surface area contributed by atoms with Crippen LogP contribution >= 0.6 is 0 Å². The van der Waals surface area contributed by atoms with Crippen LogP contribution in [0.1, 0.15) is 6.42 Å². The van der Waals surface area contributed by atoms with Gasteiger partial charge >= 0.3 is 5.97 Å². The molecule has 0 aliphatic heterocycles. The summed E-state index contributed by atoms with van der Waals surface area (Å²) in [5.74, 6) is -1.77. The molecule has 1 aromatic rings. The molecule has 0 saturated carbocycles. The van der Waals surface area contributed by atoms with Gasteiger partial charge in [-0.05, 0) is 18.2 Å². The van der Waals surface area contributed by atoms with Crippen molar-refractivity contribution in [2.45, 2.75) is 11.3 Å². The van der Waals surface area contributed by atoms with Gasteiger partial charge in [0.25, 0.3) is 0 Å². The third kappa shape index (κ3) is 3.59. The van der Waals surface area contributed by atoms with E-state index in [1.54, 1.807) is 0 Å². The molecule has 0 aliphatic carbocycles. The smallest absolute Gasteiger partial charge is 0.304 e. The van der Waals surface area contributed by atoms with E-state index in [0.717, 1.165) is 12.1 Å². The van der Waals surface area contributed by atoms with Crippen molar-refractivity contribution < 1.29 is 22.7 Å². The number of benzene rings is 1. The van der Waals surface area contributed by atoms with E-state index in [9.17, 15) is 17.6 Å². The summed E-state index contributed by atoms with van der Waals surface area (Å²) in [4.78, 5) is 9.96. The molecule has 2 N–H and O–H groups in total. The summed E-state index contributed by atoms with van der Waals surface area (Å²) in [5.41, 5.74) is 0. The molecule has 0 aliphatic rings. The molecule has 0 unspecified atom stereocenters. The van der Waals surface area contributed by atoms with E-state index in [1.807, 2.05) is 0 Å². The van der Waals surface area contributed by atoms with E-state index < -0.39 is 21.8 Å². The molecule has 0 fully saturated rings. The predicted octanol–water partition coefficient (Wildman–Crippen LogP) is 0.579. The number of hydrogen-bond acceptors (Lipinski definition) is 3. The van der Waals surface area contributed by atoms with E-state index in [4.69, 9.17) is 5.11 Å². The minimum absolute atomic E-state index is 0.224. The van der Waals surface area contributed by atoms with Gasteiger partial charge in [-0.2, -0.15) is 0 Å². The Bertz CT molecular complexity index is 486. The van der Waals surface area contributed by atoms with Gasteiger partial charge < -0.3 is 5.11 Å². The fraction of sp³-hybridized carbons (Fsp3) is 0.222.